The van der Waals surface area contributed by atoms with Crippen molar-refractivity contribution in [2.75, 3.05) is 11.6 Å². The predicted molar refractivity (Wildman–Crippen MR) is 110 cm³/mol. The molecular weight excluding hydrogens is 338 g/mol. The van der Waals surface area contributed by atoms with Crippen molar-refractivity contribution >= 4 is 28.5 Å². The molecule has 1 atom stereocenters. The van der Waals surface area contributed by atoms with Gasteiger partial charge in [0.2, 0.25) is 0 Å². The summed E-state index contributed by atoms with van der Waals surface area (Å²) in [4.78, 5) is 8.10. The standard InChI is InChI=1S/C22H21N3S/c1-15-21(18-7-3-4-8-19(18)24-15)22(25-20-9-5-6-14-23-20)16-10-12-17(26-2)13-11-16/h3-14,22,24H,1-2H3,(H,23,25)/p+1. The Morgan fingerprint density at radius 2 is 1.73 bits per heavy atom. The lowest BCUT2D eigenvalue weighted by Crippen LogP contribution is -2.19. The van der Waals surface area contributed by atoms with Gasteiger partial charge in [-0.1, -0.05) is 36.4 Å². The van der Waals surface area contributed by atoms with Gasteiger partial charge in [0.1, 0.15) is 6.04 Å². The van der Waals surface area contributed by atoms with E-state index in [1.807, 2.05) is 18.3 Å². The molecule has 0 spiro atoms. The number of anilines is 1. The summed E-state index contributed by atoms with van der Waals surface area (Å²) < 4.78 is 0. The van der Waals surface area contributed by atoms with Crippen LogP contribution in [0.3, 0.4) is 0 Å². The number of hydrogen-bond acceptors (Lipinski definition) is 2. The molecule has 0 saturated carbocycles. The third-order valence-electron chi connectivity index (χ3n) is 4.69. The molecule has 0 fully saturated rings. The maximum absolute atomic E-state index is 3.69. The smallest absolute Gasteiger partial charge is 0.272 e. The van der Waals surface area contributed by atoms with Crippen LogP contribution in [0.15, 0.2) is 77.8 Å². The molecule has 2 aromatic carbocycles. The molecule has 0 aliphatic carbocycles. The number of hydrogen-bond donors (Lipinski definition) is 2. The molecule has 0 bridgehead atoms. The summed E-state index contributed by atoms with van der Waals surface area (Å²) in [7, 11) is 0. The SMILES string of the molecule is CSc1ccc(C(Nc2cccc[nH+]2)c2c(C)[nH]c3ccccc23)cc1. The monoisotopic (exact) mass is 360 g/mol. The topological polar surface area (TPSA) is 42.0 Å². The highest BCUT2D eigenvalue weighted by Crippen LogP contribution is 2.34. The second-order valence-electron chi connectivity index (χ2n) is 6.34. The number of rotatable bonds is 5. The number of para-hydroxylation sites is 1. The van der Waals surface area contributed by atoms with Gasteiger partial charge in [-0.05, 0) is 37.4 Å². The van der Waals surface area contributed by atoms with Gasteiger partial charge in [0, 0.05) is 38.7 Å². The summed E-state index contributed by atoms with van der Waals surface area (Å²) in [6.07, 6.45) is 4.05. The molecule has 4 aromatic rings. The number of aromatic nitrogens is 2. The summed E-state index contributed by atoms with van der Waals surface area (Å²) in [5.74, 6) is 0.996. The van der Waals surface area contributed by atoms with Crippen molar-refractivity contribution in [2.45, 2.75) is 17.9 Å². The van der Waals surface area contributed by atoms with E-state index in [2.05, 4.69) is 83.1 Å². The number of thioether (sulfide) groups is 1. The van der Waals surface area contributed by atoms with Gasteiger partial charge in [-0.25, -0.2) is 4.98 Å². The lowest BCUT2D eigenvalue weighted by atomic mass is 9.96. The van der Waals surface area contributed by atoms with E-state index in [9.17, 15) is 0 Å². The number of H-pyrrole nitrogens is 2. The minimum atomic E-state index is 0.0562. The molecule has 3 nitrogen and oxygen atoms in total. The normalized spacial score (nSPS) is 12.2. The van der Waals surface area contributed by atoms with Crippen molar-refractivity contribution in [2.24, 2.45) is 0 Å². The molecule has 0 saturated heterocycles. The number of aryl methyl sites for hydroxylation is 1. The van der Waals surface area contributed by atoms with Gasteiger partial charge >= 0.3 is 0 Å². The summed E-state index contributed by atoms with van der Waals surface area (Å²) in [5, 5.41) is 4.94. The average Bonchev–Trinajstić information content (AvgIpc) is 3.03. The van der Waals surface area contributed by atoms with Gasteiger partial charge in [0.15, 0.2) is 0 Å². The van der Waals surface area contributed by atoms with Gasteiger partial charge in [-0.15, -0.1) is 11.8 Å². The van der Waals surface area contributed by atoms with Crippen LogP contribution in [0.5, 0.6) is 0 Å². The van der Waals surface area contributed by atoms with Gasteiger partial charge < -0.3 is 4.98 Å². The van der Waals surface area contributed by atoms with E-state index in [1.165, 1.54) is 32.6 Å². The highest BCUT2D eigenvalue weighted by Gasteiger charge is 2.25. The first-order valence-electron chi connectivity index (χ1n) is 8.70. The van der Waals surface area contributed by atoms with Crippen molar-refractivity contribution in [3.63, 3.8) is 0 Å². The average molecular weight is 361 g/mol. The van der Waals surface area contributed by atoms with E-state index in [-0.39, 0.29) is 6.04 Å². The molecule has 2 heterocycles. The molecule has 0 radical (unpaired) electrons. The van der Waals surface area contributed by atoms with E-state index in [4.69, 9.17) is 0 Å². The van der Waals surface area contributed by atoms with Crippen LogP contribution in [0, 0.1) is 6.92 Å². The highest BCUT2D eigenvalue weighted by molar-refractivity contribution is 7.98. The van der Waals surface area contributed by atoms with Crippen LogP contribution in [-0.2, 0) is 0 Å². The lowest BCUT2D eigenvalue weighted by Gasteiger charge is -2.16. The third-order valence-corrected chi connectivity index (χ3v) is 5.43. The Balaban J connectivity index is 1.85. The van der Waals surface area contributed by atoms with Crippen LogP contribution in [0.25, 0.3) is 10.9 Å². The lowest BCUT2D eigenvalue weighted by molar-refractivity contribution is -0.361. The number of nitrogens with one attached hydrogen (secondary N) is 3. The molecule has 1 unspecified atom stereocenters. The zero-order valence-corrected chi connectivity index (χ0v) is 15.7. The molecule has 3 N–H and O–H groups in total. The first-order chi connectivity index (χ1) is 12.8. The number of aromatic amines is 2. The Hall–Kier alpha value is -2.72. The van der Waals surface area contributed by atoms with Crippen LogP contribution < -0.4 is 10.3 Å². The van der Waals surface area contributed by atoms with Crippen molar-refractivity contribution in [3.8, 4) is 0 Å². The first kappa shape index (κ1) is 16.7. The van der Waals surface area contributed by atoms with Crippen molar-refractivity contribution in [1.82, 2.24) is 4.98 Å². The van der Waals surface area contributed by atoms with E-state index in [0.29, 0.717) is 0 Å². The molecule has 0 aliphatic heterocycles. The van der Waals surface area contributed by atoms with Gasteiger partial charge in [0.25, 0.3) is 5.82 Å². The zero-order chi connectivity index (χ0) is 17.9. The predicted octanol–water partition coefficient (Wildman–Crippen LogP) is 5.21. The fraction of sp³-hybridized carbons (Fsp3) is 0.136. The minimum Gasteiger partial charge on any atom is -0.358 e. The van der Waals surface area contributed by atoms with Crippen LogP contribution in [0.2, 0.25) is 0 Å². The largest absolute Gasteiger partial charge is 0.358 e. The van der Waals surface area contributed by atoms with Gasteiger partial charge in [-0.3, -0.25) is 5.32 Å². The maximum atomic E-state index is 3.69. The number of fused-ring (bicyclic) bond motifs is 1. The quantitative estimate of drug-likeness (QED) is 0.480. The molecule has 2 aromatic heterocycles. The van der Waals surface area contributed by atoms with E-state index < -0.39 is 0 Å². The Kier molecular flexibility index (Phi) is 4.67. The molecule has 0 amide bonds. The fourth-order valence-electron chi connectivity index (χ4n) is 3.43. The number of pyridine rings is 1. The Bertz CT molecular complexity index is 1010. The Labute approximate surface area is 157 Å². The molecular formula is C22H22N3S+. The second-order valence-corrected chi connectivity index (χ2v) is 7.22. The molecule has 26 heavy (non-hydrogen) atoms. The fourth-order valence-corrected chi connectivity index (χ4v) is 3.84. The van der Waals surface area contributed by atoms with E-state index in [0.717, 1.165) is 5.82 Å². The molecule has 130 valence electrons. The zero-order valence-electron chi connectivity index (χ0n) is 14.9. The van der Waals surface area contributed by atoms with Crippen molar-refractivity contribution < 1.29 is 4.98 Å². The van der Waals surface area contributed by atoms with Gasteiger partial charge in [-0.2, -0.15) is 0 Å². The summed E-state index contributed by atoms with van der Waals surface area (Å²) in [6.45, 7) is 2.15. The molecule has 0 aliphatic rings. The van der Waals surface area contributed by atoms with Crippen LogP contribution in [-0.4, -0.2) is 11.2 Å². The second kappa shape index (κ2) is 7.26. The molecule has 4 rings (SSSR count). The first-order valence-corrected chi connectivity index (χ1v) is 9.93. The number of benzene rings is 2. The van der Waals surface area contributed by atoms with E-state index in [1.54, 1.807) is 11.8 Å². The Morgan fingerprint density at radius 1 is 0.962 bits per heavy atom. The third kappa shape index (κ3) is 3.20. The van der Waals surface area contributed by atoms with Crippen molar-refractivity contribution in [1.29, 1.82) is 0 Å². The van der Waals surface area contributed by atoms with Crippen molar-refractivity contribution in [3.05, 3.63) is 89.7 Å². The molecule has 4 heteroatoms. The maximum Gasteiger partial charge on any atom is 0.272 e. The summed E-state index contributed by atoms with van der Waals surface area (Å²) >= 11 is 1.76. The van der Waals surface area contributed by atoms with Crippen LogP contribution in [0.4, 0.5) is 5.82 Å². The van der Waals surface area contributed by atoms with Crippen LogP contribution >= 0.6 is 11.8 Å². The van der Waals surface area contributed by atoms with Crippen LogP contribution in [0.1, 0.15) is 22.9 Å². The summed E-state index contributed by atoms with van der Waals surface area (Å²) in [6, 6.07) is 23.4. The minimum absolute atomic E-state index is 0.0562. The highest BCUT2D eigenvalue weighted by atomic mass is 32.2. The van der Waals surface area contributed by atoms with Gasteiger partial charge in [0.05, 0.1) is 6.20 Å². The Morgan fingerprint density at radius 3 is 2.46 bits per heavy atom. The van der Waals surface area contributed by atoms with E-state index >= 15 is 0 Å². The summed E-state index contributed by atoms with van der Waals surface area (Å²) in [5.41, 5.74) is 4.89.